The zero-order chi connectivity index (χ0) is 15.0. The lowest BCUT2D eigenvalue weighted by atomic mass is 10.1. The van der Waals surface area contributed by atoms with Gasteiger partial charge in [-0.15, -0.1) is 0 Å². The normalized spacial score (nSPS) is 11.8. The van der Waals surface area contributed by atoms with Gasteiger partial charge < -0.3 is 16.4 Å². The Bertz CT molecular complexity index is 443. The first kappa shape index (κ1) is 16.2. The summed E-state index contributed by atoms with van der Waals surface area (Å²) in [6, 6.07) is 7.36. The molecule has 0 heterocycles. The highest BCUT2D eigenvalue weighted by molar-refractivity contribution is 5.94. The SMILES string of the molecule is Cc1ccc(C(=O)NCCNC(=O)C(C)CCN)cc1. The summed E-state index contributed by atoms with van der Waals surface area (Å²) in [6.07, 6.45) is 0.668. The molecule has 0 saturated carbocycles. The van der Waals surface area contributed by atoms with Crippen LogP contribution in [0.15, 0.2) is 24.3 Å². The maximum absolute atomic E-state index is 11.8. The zero-order valence-corrected chi connectivity index (χ0v) is 12.1. The van der Waals surface area contributed by atoms with Crippen molar-refractivity contribution in [2.45, 2.75) is 20.3 Å². The first-order valence-electron chi connectivity index (χ1n) is 6.87. The standard InChI is InChI=1S/C15H23N3O2/c1-11-3-5-13(6-4-11)15(20)18-10-9-17-14(19)12(2)7-8-16/h3-6,12H,7-10,16H2,1-2H3,(H,17,19)(H,18,20). The maximum Gasteiger partial charge on any atom is 0.251 e. The van der Waals surface area contributed by atoms with E-state index in [1.807, 2.05) is 26.0 Å². The monoisotopic (exact) mass is 277 g/mol. The van der Waals surface area contributed by atoms with Gasteiger partial charge in [0.25, 0.3) is 5.91 Å². The molecule has 0 fully saturated rings. The number of carbonyl (C=O) groups is 2. The molecule has 110 valence electrons. The summed E-state index contributed by atoms with van der Waals surface area (Å²) in [5, 5.41) is 5.54. The van der Waals surface area contributed by atoms with Crippen molar-refractivity contribution >= 4 is 11.8 Å². The van der Waals surface area contributed by atoms with E-state index >= 15 is 0 Å². The Morgan fingerprint density at radius 2 is 1.75 bits per heavy atom. The minimum Gasteiger partial charge on any atom is -0.354 e. The summed E-state index contributed by atoms with van der Waals surface area (Å²) in [4.78, 5) is 23.4. The quantitative estimate of drug-likeness (QED) is 0.645. The van der Waals surface area contributed by atoms with Crippen molar-refractivity contribution < 1.29 is 9.59 Å². The van der Waals surface area contributed by atoms with E-state index in [0.29, 0.717) is 31.6 Å². The van der Waals surface area contributed by atoms with Gasteiger partial charge in [0.05, 0.1) is 0 Å². The van der Waals surface area contributed by atoms with Gasteiger partial charge in [-0.3, -0.25) is 9.59 Å². The van der Waals surface area contributed by atoms with Crippen molar-refractivity contribution in [2.75, 3.05) is 19.6 Å². The Kier molecular flexibility index (Phi) is 6.73. The van der Waals surface area contributed by atoms with Crippen LogP contribution in [0.1, 0.15) is 29.3 Å². The smallest absolute Gasteiger partial charge is 0.251 e. The van der Waals surface area contributed by atoms with Gasteiger partial charge in [0.1, 0.15) is 0 Å². The topological polar surface area (TPSA) is 84.2 Å². The molecule has 2 amide bonds. The number of hydrogen-bond donors (Lipinski definition) is 3. The van der Waals surface area contributed by atoms with Crippen LogP contribution in [-0.2, 0) is 4.79 Å². The van der Waals surface area contributed by atoms with E-state index in [9.17, 15) is 9.59 Å². The fourth-order valence-corrected chi connectivity index (χ4v) is 1.72. The van der Waals surface area contributed by atoms with E-state index in [1.54, 1.807) is 12.1 Å². The van der Waals surface area contributed by atoms with Crippen LogP contribution < -0.4 is 16.4 Å². The molecule has 0 aliphatic heterocycles. The second-order valence-electron chi connectivity index (χ2n) is 4.89. The van der Waals surface area contributed by atoms with Gasteiger partial charge in [-0.1, -0.05) is 24.6 Å². The molecule has 0 aliphatic carbocycles. The number of hydrogen-bond acceptors (Lipinski definition) is 3. The van der Waals surface area contributed by atoms with Gasteiger partial charge >= 0.3 is 0 Å². The molecular weight excluding hydrogens is 254 g/mol. The summed E-state index contributed by atoms with van der Waals surface area (Å²) < 4.78 is 0. The molecule has 1 atom stereocenters. The van der Waals surface area contributed by atoms with Gasteiger partial charge in [0, 0.05) is 24.6 Å². The highest BCUT2D eigenvalue weighted by Crippen LogP contribution is 2.02. The first-order chi connectivity index (χ1) is 9.54. The molecule has 1 aromatic rings. The number of carbonyl (C=O) groups excluding carboxylic acids is 2. The van der Waals surface area contributed by atoms with Crippen LogP contribution in [0, 0.1) is 12.8 Å². The highest BCUT2D eigenvalue weighted by Gasteiger charge is 2.11. The van der Waals surface area contributed by atoms with E-state index in [-0.39, 0.29) is 17.7 Å². The third kappa shape index (κ3) is 5.40. The molecule has 4 N–H and O–H groups in total. The molecule has 0 radical (unpaired) electrons. The van der Waals surface area contributed by atoms with Gasteiger partial charge in [-0.05, 0) is 32.0 Å². The fraction of sp³-hybridized carbons (Fsp3) is 0.467. The van der Waals surface area contributed by atoms with Crippen molar-refractivity contribution in [3.05, 3.63) is 35.4 Å². The number of nitrogens with one attached hydrogen (secondary N) is 2. The van der Waals surface area contributed by atoms with Crippen molar-refractivity contribution in [3.8, 4) is 0 Å². The van der Waals surface area contributed by atoms with E-state index in [2.05, 4.69) is 10.6 Å². The predicted octanol–water partition coefficient (Wildman–Crippen LogP) is 0.826. The lowest BCUT2D eigenvalue weighted by molar-refractivity contribution is -0.124. The van der Waals surface area contributed by atoms with Crippen molar-refractivity contribution in [3.63, 3.8) is 0 Å². The van der Waals surface area contributed by atoms with Crippen LogP contribution in [-0.4, -0.2) is 31.4 Å². The van der Waals surface area contributed by atoms with Crippen LogP contribution in [0.2, 0.25) is 0 Å². The molecule has 20 heavy (non-hydrogen) atoms. The summed E-state index contributed by atoms with van der Waals surface area (Å²) in [6.45, 7) is 5.14. The molecule has 0 bridgehead atoms. The van der Waals surface area contributed by atoms with Crippen molar-refractivity contribution in [2.24, 2.45) is 11.7 Å². The Hall–Kier alpha value is -1.88. The minimum atomic E-state index is -0.130. The van der Waals surface area contributed by atoms with Gasteiger partial charge in [0.15, 0.2) is 0 Å². The Morgan fingerprint density at radius 1 is 1.15 bits per heavy atom. The predicted molar refractivity (Wildman–Crippen MR) is 79.4 cm³/mol. The van der Waals surface area contributed by atoms with Gasteiger partial charge in [0.2, 0.25) is 5.91 Å². The minimum absolute atomic E-state index is 0.0277. The molecular formula is C15H23N3O2. The summed E-state index contributed by atoms with van der Waals surface area (Å²) in [5.74, 6) is -0.248. The zero-order valence-electron chi connectivity index (χ0n) is 12.1. The van der Waals surface area contributed by atoms with Crippen LogP contribution in [0.4, 0.5) is 0 Å². The summed E-state index contributed by atoms with van der Waals surface area (Å²) in [5.41, 5.74) is 7.14. The van der Waals surface area contributed by atoms with Crippen LogP contribution in [0.5, 0.6) is 0 Å². The van der Waals surface area contributed by atoms with Gasteiger partial charge in [-0.25, -0.2) is 0 Å². The average Bonchev–Trinajstić information content (AvgIpc) is 2.44. The highest BCUT2D eigenvalue weighted by atomic mass is 16.2. The molecule has 5 nitrogen and oxygen atoms in total. The van der Waals surface area contributed by atoms with Gasteiger partial charge in [-0.2, -0.15) is 0 Å². The molecule has 0 spiro atoms. The number of aryl methyl sites for hydroxylation is 1. The van der Waals surface area contributed by atoms with Crippen LogP contribution in [0.25, 0.3) is 0 Å². The van der Waals surface area contributed by atoms with E-state index in [0.717, 1.165) is 5.56 Å². The molecule has 5 heteroatoms. The molecule has 1 aromatic carbocycles. The van der Waals surface area contributed by atoms with Crippen molar-refractivity contribution in [1.82, 2.24) is 10.6 Å². The van der Waals surface area contributed by atoms with Crippen LogP contribution >= 0.6 is 0 Å². The first-order valence-corrected chi connectivity index (χ1v) is 6.87. The number of rotatable bonds is 7. The average molecular weight is 277 g/mol. The third-order valence-corrected chi connectivity index (χ3v) is 3.07. The second-order valence-corrected chi connectivity index (χ2v) is 4.89. The van der Waals surface area contributed by atoms with E-state index < -0.39 is 0 Å². The van der Waals surface area contributed by atoms with Crippen LogP contribution in [0.3, 0.4) is 0 Å². The molecule has 0 saturated heterocycles. The Labute approximate surface area is 119 Å². The lowest BCUT2D eigenvalue weighted by Crippen LogP contribution is -2.37. The largest absolute Gasteiger partial charge is 0.354 e. The molecule has 1 rings (SSSR count). The van der Waals surface area contributed by atoms with Crippen molar-refractivity contribution in [1.29, 1.82) is 0 Å². The van der Waals surface area contributed by atoms with E-state index in [4.69, 9.17) is 5.73 Å². The second kappa shape index (κ2) is 8.32. The maximum atomic E-state index is 11.8. The molecule has 0 aromatic heterocycles. The number of amides is 2. The summed E-state index contributed by atoms with van der Waals surface area (Å²) >= 11 is 0. The molecule has 0 aliphatic rings. The summed E-state index contributed by atoms with van der Waals surface area (Å²) in [7, 11) is 0. The Balaban J connectivity index is 2.25. The fourth-order valence-electron chi connectivity index (χ4n) is 1.72. The Morgan fingerprint density at radius 3 is 2.35 bits per heavy atom. The number of benzene rings is 1. The molecule has 1 unspecified atom stereocenters. The third-order valence-electron chi connectivity index (χ3n) is 3.07. The number of nitrogens with two attached hydrogens (primary N) is 1. The lowest BCUT2D eigenvalue weighted by Gasteiger charge is -2.11. The van der Waals surface area contributed by atoms with E-state index in [1.165, 1.54) is 0 Å².